The minimum absolute atomic E-state index is 0.483. The van der Waals surface area contributed by atoms with Crippen molar-refractivity contribution >= 4 is 21.9 Å². The molecule has 2 rings (SSSR count). The summed E-state index contributed by atoms with van der Waals surface area (Å²) >= 11 is 3.42. The number of nitrogens with zero attached hydrogens (tertiary/aromatic N) is 2. The van der Waals surface area contributed by atoms with Crippen LogP contribution in [0.2, 0.25) is 0 Å². The van der Waals surface area contributed by atoms with Crippen LogP contribution in [0.4, 0.5) is 0 Å². The summed E-state index contributed by atoms with van der Waals surface area (Å²) in [6.07, 6.45) is 3.84. The van der Waals surface area contributed by atoms with Gasteiger partial charge in [-0.3, -0.25) is 4.79 Å². The topological polar surface area (TPSA) is 55.1 Å². The lowest BCUT2D eigenvalue weighted by atomic mass is 10.1. The Bertz CT molecular complexity index is 414. The van der Waals surface area contributed by atoms with Crippen LogP contribution in [-0.2, 0) is 17.8 Å². The van der Waals surface area contributed by atoms with Gasteiger partial charge in [-0.25, -0.2) is 4.98 Å². The van der Waals surface area contributed by atoms with Gasteiger partial charge in [0.2, 0.25) is 0 Å². The minimum atomic E-state index is -0.784. The van der Waals surface area contributed by atoms with Crippen molar-refractivity contribution in [1.82, 2.24) is 9.55 Å². The molecule has 1 N–H and O–H groups in total. The maximum atomic E-state index is 11.2. The zero-order valence-electron chi connectivity index (χ0n) is 9.24. The molecule has 88 valence electrons. The monoisotopic (exact) mass is 286 g/mol. The minimum Gasteiger partial charge on any atom is -0.481 e. The number of hydrogen-bond donors (Lipinski definition) is 1. The Hall–Kier alpha value is -0.840. The van der Waals surface area contributed by atoms with Gasteiger partial charge in [-0.15, -0.1) is 0 Å². The number of carboxylic acids is 1. The van der Waals surface area contributed by atoms with Gasteiger partial charge in [-0.1, -0.05) is 6.92 Å². The fourth-order valence-electron chi connectivity index (χ4n) is 2.26. The normalized spacial score (nSPS) is 16.9. The van der Waals surface area contributed by atoms with Gasteiger partial charge in [0.1, 0.15) is 16.3 Å². The van der Waals surface area contributed by atoms with Crippen molar-refractivity contribution in [3.8, 4) is 0 Å². The molecule has 0 saturated carbocycles. The zero-order chi connectivity index (χ0) is 11.7. The Labute approximate surface area is 103 Å². The maximum absolute atomic E-state index is 11.2. The number of aliphatic carboxylic acids is 1. The van der Waals surface area contributed by atoms with Crippen molar-refractivity contribution in [3.05, 3.63) is 16.1 Å². The van der Waals surface area contributed by atoms with Crippen molar-refractivity contribution in [2.45, 2.75) is 45.1 Å². The Morgan fingerprint density at radius 1 is 1.62 bits per heavy atom. The molecule has 2 heterocycles. The molecular formula is C11H15BrN2O2. The molecule has 0 fully saturated rings. The number of fused-ring (bicyclic) bond motifs is 1. The molecule has 5 heteroatoms. The summed E-state index contributed by atoms with van der Waals surface area (Å²) < 4.78 is 2.90. The standard InChI is InChI=1S/C11H15BrN2O2/c1-2-7(11(15)16)10-13-9(12)8-5-3-4-6-14(8)10/h7H,2-6H2,1H3,(H,15,16). The van der Waals surface area contributed by atoms with Crippen LogP contribution in [0.5, 0.6) is 0 Å². The molecule has 1 aromatic rings. The highest BCUT2D eigenvalue weighted by molar-refractivity contribution is 9.10. The second-order valence-corrected chi connectivity index (χ2v) is 4.87. The lowest BCUT2D eigenvalue weighted by molar-refractivity contribution is -0.139. The number of carbonyl (C=O) groups is 1. The van der Waals surface area contributed by atoms with E-state index in [2.05, 4.69) is 25.5 Å². The highest BCUT2D eigenvalue weighted by Gasteiger charge is 2.27. The molecule has 1 aliphatic rings. The van der Waals surface area contributed by atoms with Crippen molar-refractivity contribution in [2.24, 2.45) is 0 Å². The average molecular weight is 287 g/mol. The molecule has 1 atom stereocenters. The zero-order valence-corrected chi connectivity index (χ0v) is 10.8. The van der Waals surface area contributed by atoms with Crippen LogP contribution in [0, 0.1) is 0 Å². The second kappa shape index (κ2) is 4.57. The summed E-state index contributed by atoms with van der Waals surface area (Å²) in [7, 11) is 0. The van der Waals surface area contributed by atoms with Crippen molar-refractivity contribution in [2.75, 3.05) is 0 Å². The number of imidazole rings is 1. The molecule has 0 bridgehead atoms. The Kier molecular flexibility index (Phi) is 3.33. The summed E-state index contributed by atoms with van der Waals surface area (Å²) in [6.45, 7) is 2.78. The first-order chi connectivity index (χ1) is 7.65. The first-order valence-electron chi connectivity index (χ1n) is 5.62. The number of carboxylic acid groups (broad SMARTS) is 1. The Morgan fingerprint density at radius 3 is 3.00 bits per heavy atom. The third-order valence-electron chi connectivity index (χ3n) is 3.12. The molecule has 0 spiro atoms. The average Bonchev–Trinajstić information content (AvgIpc) is 2.58. The molecule has 0 saturated heterocycles. The van der Waals surface area contributed by atoms with Crippen LogP contribution in [0.25, 0.3) is 0 Å². The summed E-state index contributed by atoms with van der Waals surface area (Å²) in [5.41, 5.74) is 1.15. The predicted molar refractivity (Wildman–Crippen MR) is 63.5 cm³/mol. The van der Waals surface area contributed by atoms with Gasteiger partial charge >= 0.3 is 5.97 Å². The third-order valence-corrected chi connectivity index (χ3v) is 3.75. The third kappa shape index (κ3) is 1.88. The van der Waals surface area contributed by atoms with Gasteiger partial charge in [0.05, 0.1) is 5.69 Å². The summed E-state index contributed by atoms with van der Waals surface area (Å²) in [5.74, 6) is -0.562. The first-order valence-corrected chi connectivity index (χ1v) is 6.42. The molecule has 1 aromatic heterocycles. The lowest BCUT2D eigenvalue weighted by Crippen LogP contribution is -2.19. The molecule has 0 aromatic carbocycles. The van der Waals surface area contributed by atoms with E-state index in [4.69, 9.17) is 5.11 Å². The van der Waals surface area contributed by atoms with E-state index in [-0.39, 0.29) is 0 Å². The van der Waals surface area contributed by atoms with Gasteiger partial charge in [0.15, 0.2) is 0 Å². The maximum Gasteiger partial charge on any atom is 0.314 e. The van der Waals surface area contributed by atoms with E-state index in [1.165, 1.54) is 0 Å². The molecule has 1 aliphatic heterocycles. The van der Waals surface area contributed by atoms with E-state index in [1.54, 1.807) is 0 Å². The van der Waals surface area contributed by atoms with Crippen molar-refractivity contribution in [3.63, 3.8) is 0 Å². The number of halogens is 1. The molecule has 4 nitrogen and oxygen atoms in total. The molecule has 1 unspecified atom stereocenters. The van der Waals surface area contributed by atoms with Crippen LogP contribution < -0.4 is 0 Å². The highest BCUT2D eigenvalue weighted by atomic mass is 79.9. The van der Waals surface area contributed by atoms with E-state index >= 15 is 0 Å². The van der Waals surface area contributed by atoms with Crippen LogP contribution >= 0.6 is 15.9 Å². The molecule has 0 radical (unpaired) electrons. The number of hydrogen-bond acceptors (Lipinski definition) is 2. The van der Waals surface area contributed by atoms with E-state index in [9.17, 15) is 4.79 Å². The van der Waals surface area contributed by atoms with Gasteiger partial charge in [-0.2, -0.15) is 0 Å². The molecule has 0 aliphatic carbocycles. The van der Waals surface area contributed by atoms with E-state index in [0.29, 0.717) is 12.2 Å². The summed E-state index contributed by atoms with van der Waals surface area (Å²) in [5, 5.41) is 9.17. The van der Waals surface area contributed by atoms with Gasteiger partial charge < -0.3 is 9.67 Å². The summed E-state index contributed by atoms with van der Waals surface area (Å²) in [4.78, 5) is 15.5. The molecular weight excluding hydrogens is 272 g/mol. The van der Waals surface area contributed by atoms with E-state index in [0.717, 1.165) is 36.1 Å². The fourth-order valence-corrected chi connectivity index (χ4v) is 2.85. The van der Waals surface area contributed by atoms with Gasteiger partial charge in [0.25, 0.3) is 0 Å². The highest BCUT2D eigenvalue weighted by Crippen LogP contribution is 2.29. The van der Waals surface area contributed by atoms with Crippen LogP contribution in [0.15, 0.2) is 4.60 Å². The predicted octanol–water partition coefficient (Wildman–Crippen LogP) is 2.56. The Balaban J connectivity index is 2.44. The largest absolute Gasteiger partial charge is 0.481 e. The van der Waals surface area contributed by atoms with Crippen molar-refractivity contribution in [1.29, 1.82) is 0 Å². The molecule has 0 amide bonds. The van der Waals surface area contributed by atoms with Gasteiger partial charge in [-0.05, 0) is 41.6 Å². The summed E-state index contributed by atoms with van der Waals surface area (Å²) in [6, 6.07) is 0. The van der Waals surface area contributed by atoms with Crippen LogP contribution in [-0.4, -0.2) is 20.6 Å². The first kappa shape index (κ1) is 11.6. The lowest BCUT2D eigenvalue weighted by Gasteiger charge is -2.19. The van der Waals surface area contributed by atoms with Crippen LogP contribution in [0.1, 0.15) is 43.6 Å². The van der Waals surface area contributed by atoms with Crippen molar-refractivity contribution < 1.29 is 9.90 Å². The van der Waals surface area contributed by atoms with E-state index < -0.39 is 11.9 Å². The Morgan fingerprint density at radius 2 is 2.38 bits per heavy atom. The van der Waals surface area contributed by atoms with Crippen LogP contribution in [0.3, 0.4) is 0 Å². The van der Waals surface area contributed by atoms with Gasteiger partial charge in [0, 0.05) is 6.54 Å². The molecule has 16 heavy (non-hydrogen) atoms. The number of rotatable bonds is 3. The second-order valence-electron chi connectivity index (χ2n) is 4.12. The number of aromatic nitrogens is 2. The fraction of sp³-hybridized carbons (Fsp3) is 0.636. The van der Waals surface area contributed by atoms with E-state index in [1.807, 2.05) is 6.92 Å². The SMILES string of the molecule is CCC(C(=O)O)c1nc(Br)c2n1CCCC2. The quantitative estimate of drug-likeness (QED) is 0.929. The smallest absolute Gasteiger partial charge is 0.314 e.